The molecule has 146 valence electrons. The molecule has 3 N–H and O–H groups in total. The fourth-order valence-electron chi connectivity index (χ4n) is 2.28. The van der Waals surface area contributed by atoms with E-state index < -0.39 is 11.7 Å². The van der Waals surface area contributed by atoms with Crippen molar-refractivity contribution >= 4 is 40.9 Å². The van der Waals surface area contributed by atoms with Gasteiger partial charge in [0.1, 0.15) is 5.82 Å². The second-order valence-electron chi connectivity index (χ2n) is 5.85. The fraction of sp³-hybridized carbons (Fsp3) is 0.167. The summed E-state index contributed by atoms with van der Waals surface area (Å²) in [6.07, 6.45) is -4.52. The Bertz CT molecular complexity index is 980. The number of thioether (sulfide) groups is 1. The van der Waals surface area contributed by atoms with Gasteiger partial charge in [-0.05, 0) is 37.3 Å². The van der Waals surface area contributed by atoms with Crippen LogP contribution in [0, 0.1) is 6.92 Å². The van der Waals surface area contributed by atoms with Gasteiger partial charge in [0.05, 0.1) is 16.3 Å². The zero-order chi connectivity index (χ0) is 20.3. The molecule has 0 radical (unpaired) electrons. The van der Waals surface area contributed by atoms with Crippen LogP contribution in [0.1, 0.15) is 17.0 Å². The van der Waals surface area contributed by atoms with Crippen molar-refractivity contribution in [2.75, 3.05) is 11.1 Å². The summed E-state index contributed by atoms with van der Waals surface area (Å²) in [7, 11) is 0. The van der Waals surface area contributed by atoms with E-state index in [0.717, 1.165) is 29.1 Å². The molecule has 3 rings (SSSR count). The Morgan fingerprint density at radius 1 is 1.07 bits per heavy atom. The van der Waals surface area contributed by atoms with E-state index in [2.05, 4.69) is 20.3 Å². The maximum Gasteiger partial charge on any atom is 0.417 e. The molecule has 0 saturated heterocycles. The van der Waals surface area contributed by atoms with Crippen LogP contribution >= 0.6 is 23.4 Å². The lowest BCUT2D eigenvalue weighted by molar-refractivity contribution is -0.137. The Balaban J connectivity index is 1.74. The average Bonchev–Trinajstić information content (AvgIpc) is 2.61. The Morgan fingerprint density at radius 2 is 1.79 bits per heavy atom. The van der Waals surface area contributed by atoms with E-state index in [0.29, 0.717) is 10.7 Å². The molecule has 0 bridgehead atoms. The topological polar surface area (TPSA) is 76.7 Å². The zero-order valence-corrected chi connectivity index (χ0v) is 16.2. The largest absolute Gasteiger partial charge is 0.417 e. The van der Waals surface area contributed by atoms with Crippen LogP contribution in [0.5, 0.6) is 0 Å². The number of benzene rings is 2. The van der Waals surface area contributed by atoms with Crippen molar-refractivity contribution in [1.29, 1.82) is 0 Å². The van der Waals surface area contributed by atoms with Gasteiger partial charge in [-0.15, -0.1) is 11.8 Å². The van der Waals surface area contributed by atoms with Gasteiger partial charge in [0.2, 0.25) is 11.9 Å². The number of alkyl halides is 3. The highest BCUT2D eigenvalue weighted by molar-refractivity contribution is 7.98. The van der Waals surface area contributed by atoms with Gasteiger partial charge in [-0.25, -0.2) is 0 Å². The van der Waals surface area contributed by atoms with Gasteiger partial charge in [0.15, 0.2) is 0 Å². The van der Waals surface area contributed by atoms with Crippen molar-refractivity contribution in [2.45, 2.75) is 23.7 Å². The number of aromatic nitrogens is 3. The monoisotopic (exact) mass is 425 g/mol. The lowest BCUT2D eigenvalue weighted by Crippen LogP contribution is -2.07. The molecule has 1 aromatic heterocycles. The second-order valence-corrected chi connectivity index (χ2v) is 7.31. The summed E-state index contributed by atoms with van der Waals surface area (Å²) < 4.78 is 38.9. The molecule has 0 amide bonds. The number of rotatable bonds is 5. The Morgan fingerprint density at radius 3 is 2.46 bits per heavy atom. The predicted molar refractivity (Wildman–Crippen MR) is 105 cm³/mol. The molecular formula is C18H15ClF3N5S. The van der Waals surface area contributed by atoms with Crippen molar-refractivity contribution in [3.63, 3.8) is 0 Å². The highest BCUT2D eigenvalue weighted by Crippen LogP contribution is 2.37. The maximum absolute atomic E-state index is 13.0. The first-order chi connectivity index (χ1) is 13.2. The summed E-state index contributed by atoms with van der Waals surface area (Å²) >= 11 is 6.78. The van der Waals surface area contributed by atoms with Gasteiger partial charge in [0, 0.05) is 10.6 Å². The molecule has 1 heterocycles. The van der Waals surface area contributed by atoms with Crippen LogP contribution in [0.3, 0.4) is 0 Å². The van der Waals surface area contributed by atoms with E-state index in [1.165, 1.54) is 12.1 Å². The SMILES string of the molecule is Cc1ccc(Nc2nc(N)nc(CSc3ccc(Cl)c(C(F)(F)F)c3)n2)cc1. The van der Waals surface area contributed by atoms with Gasteiger partial charge in [0.25, 0.3) is 0 Å². The molecule has 0 spiro atoms. The van der Waals surface area contributed by atoms with Crippen LogP contribution in [-0.4, -0.2) is 15.0 Å². The molecule has 0 aliphatic rings. The van der Waals surface area contributed by atoms with Gasteiger partial charge in [-0.1, -0.05) is 29.3 Å². The number of nitrogens with one attached hydrogen (secondary N) is 1. The van der Waals surface area contributed by atoms with Crippen LogP contribution in [0.2, 0.25) is 5.02 Å². The molecule has 3 aromatic rings. The Kier molecular flexibility index (Phi) is 5.95. The van der Waals surface area contributed by atoms with Crippen LogP contribution in [0.25, 0.3) is 0 Å². The summed E-state index contributed by atoms with van der Waals surface area (Å²) in [6.45, 7) is 1.97. The maximum atomic E-state index is 13.0. The Labute approximate surface area is 168 Å². The first kappa shape index (κ1) is 20.2. The molecule has 0 atom stereocenters. The van der Waals surface area contributed by atoms with Crippen LogP contribution in [0.15, 0.2) is 47.4 Å². The van der Waals surface area contributed by atoms with E-state index >= 15 is 0 Å². The minimum atomic E-state index is -4.52. The number of nitrogen functional groups attached to an aromatic ring is 1. The van der Waals surface area contributed by atoms with E-state index in [4.69, 9.17) is 17.3 Å². The zero-order valence-electron chi connectivity index (χ0n) is 14.6. The van der Waals surface area contributed by atoms with E-state index in [1.807, 2.05) is 31.2 Å². The fourth-order valence-corrected chi connectivity index (χ4v) is 3.30. The average molecular weight is 426 g/mol. The highest BCUT2D eigenvalue weighted by Gasteiger charge is 2.33. The number of nitrogens with two attached hydrogens (primary N) is 1. The first-order valence-corrected chi connectivity index (χ1v) is 9.41. The number of aryl methyl sites for hydroxylation is 1. The molecule has 0 fully saturated rings. The number of hydrogen-bond donors (Lipinski definition) is 2. The third kappa shape index (κ3) is 5.26. The summed E-state index contributed by atoms with van der Waals surface area (Å²) in [5.41, 5.74) is 6.74. The van der Waals surface area contributed by atoms with Gasteiger partial charge in [-0.2, -0.15) is 28.1 Å². The van der Waals surface area contributed by atoms with Crippen molar-refractivity contribution in [3.8, 4) is 0 Å². The van der Waals surface area contributed by atoms with Gasteiger partial charge < -0.3 is 11.1 Å². The third-order valence-electron chi connectivity index (χ3n) is 3.62. The Hall–Kier alpha value is -2.52. The standard InChI is InChI=1S/C18H15ClF3N5S/c1-10-2-4-11(5-3-10)24-17-26-15(25-16(23)27-17)9-28-12-6-7-14(19)13(8-12)18(20,21)22/h2-8H,9H2,1H3,(H3,23,24,25,26,27). The molecule has 2 aromatic carbocycles. The highest BCUT2D eigenvalue weighted by atomic mass is 35.5. The molecule has 0 saturated carbocycles. The number of halogens is 4. The number of nitrogens with zero attached hydrogens (tertiary/aromatic N) is 3. The third-order valence-corrected chi connectivity index (χ3v) is 4.94. The molecule has 0 unspecified atom stereocenters. The predicted octanol–water partition coefficient (Wildman–Crippen LogP) is 5.47. The molecule has 0 aliphatic heterocycles. The minimum absolute atomic E-state index is 0.0206. The molecule has 0 aliphatic carbocycles. The lowest BCUT2D eigenvalue weighted by Gasteiger charge is -2.11. The number of anilines is 3. The molecule has 5 nitrogen and oxygen atoms in total. The minimum Gasteiger partial charge on any atom is -0.368 e. The van der Waals surface area contributed by atoms with Crippen molar-refractivity contribution < 1.29 is 13.2 Å². The second kappa shape index (κ2) is 8.24. The normalized spacial score (nSPS) is 11.5. The molecule has 10 heteroatoms. The van der Waals surface area contributed by atoms with Gasteiger partial charge in [-0.3, -0.25) is 0 Å². The van der Waals surface area contributed by atoms with Crippen LogP contribution in [-0.2, 0) is 11.9 Å². The van der Waals surface area contributed by atoms with Crippen LogP contribution < -0.4 is 11.1 Å². The van der Waals surface area contributed by atoms with E-state index in [1.54, 1.807) is 0 Å². The lowest BCUT2D eigenvalue weighted by atomic mass is 10.2. The molecular weight excluding hydrogens is 411 g/mol. The van der Waals surface area contributed by atoms with Crippen LogP contribution in [0.4, 0.5) is 30.8 Å². The summed E-state index contributed by atoms with van der Waals surface area (Å²) in [5, 5.41) is 2.69. The number of hydrogen-bond acceptors (Lipinski definition) is 6. The summed E-state index contributed by atoms with van der Waals surface area (Å²) in [4.78, 5) is 12.7. The summed E-state index contributed by atoms with van der Waals surface area (Å²) in [6, 6.07) is 11.3. The van der Waals surface area contributed by atoms with Crippen molar-refractivity contribution in [1.82, 2.24) is 15.0 Å². The summed E-state index contributed by atoms with van der Waals surface area (Å²) in [5.74, 6) is 0.843. The van der Waals surface area contributed by atoms with E-state index in [-0.39, 0.29) is 22.7 Å². The van der Waals surface area contributed by atoms with E-state index in [9.17, 15) is 13.2 Å². The van der Waals surface area contributed by atoms with Crippen molar-refractivity contribution in [3.05, 3.63) is 64.4 Å². The van der Waals surface area contributed by atoms with Crippen molar-refractivity contribution in [2.24, 2.45) is 0 Å². The quantitative estimate of drug-likeness (QED) is 0.528. The smallest absolute Gasteiger partial charge is 0.368 e. The van der Waals surface area contributed by atoms with Gasteiger partial charge >= 0.3 is 6.18 Å². The molecule has 28 heavy (non-hydrogen) atoms. The first-order valence-electron chi connectivity index (χ1n) is 8.04.